The van der Waals surface area contributed by atoms with Crippen molar-refractivity contribution in [3.8, 4) is 11.5 Å². The molecule has 1 aromatic carbocycles. The SMILES string of the molecule is CCn1c(SCC(=O)Nc2ccccc2)nnc1-c1cc(C(F)(F)F)ccn1. The molecule has 28 heavy (non-hydrogen) atoms. The lowest BCUT2D eigenvalue weighted by Crippen LogP contribution is -2.14. The topological polar surface area (TPSA) is 72.7 Å². The van der Waals surface area contributed by atoms with Crippen molar-refractivity contribution in [2.45, 2.75) is 24.8 Å². The van der Waals surface area contributed by atoms with Crippen molar-refractivity contribution in [2.75, 3.05) is 11.1 Å². The van der Waals surface area contributed by atoms with Crippen LogP contribution in [-0.4, -0.2) is 31.4 Å². The highest BCUT2D eigenvalue weighted by atomic mass is 32.2. The first-order chi connectivity index (χ1) is 13.4. The van der Waals surface area contributed by atoms with E-state index >= 15 is 0 Å². The fourth-order valence-electron chi connectivity index (χ4n) is 2.45. The maximum absolute atomic E-state index is 12.9. The fourth-order valence-corrected chi connectivity index (χ4v) is 3.25. The number of halogens is 3. The number of thioether (sulfide) groups is 1. The lowest BCUT2D eigenvalue weighted by molar-refractivity contribution is -0.137. The molecular formula is C18H16F3N5OS. The van der Waals surface area contributed by atoms with E-state index in [9.17, 15) is 18.0 Å². The number of hydrogen-bond donors (Lipinski definition) is 1. The van der Waals surface area contributed by atoms with Crippen molar-refractivity contribution in [1.82, 2.24) is 19.7 Å². The monoisotopic (exact) mass is 407 g/mol. The number of rotatable bonds is 6. The Balaban J connectivity index is 1.74. The lowest BCUT2D eigenvalue weighted by atomic mass is 10.2. The molecule has 0 bridgehead atoms. The van der Waals surface area contributed by atoms with Crippen LogP contribution in [0.2, 0.25) is 0 Å². The Kier molecular flexibility index (Phi) is 5.98. The van der Waals surface area contributed by atoms with Gasteiger partial charge in [0.05, 0.1) is 11.3 Å². The van der Waals surface area contributed by atoms with Crippen LogP contribution in [0.5, 0.6) is 0 Å². The Hall–Kier alpha value is -2.88. The van der Waals surface area contributed by atoms with Gasteiger partial charge in [0, 0.05) is 18.4 Å². The number of nitrogens with zero attached hydrogens (tertiary/aromatic N) is 4. The Labute approximate surface area is 163 Å². The number of carbonyl (C=O) groups is 1. The van der Waals surface area contributed by atoms with Crippen LogP contribution in [0, 0.1) is 0 Å². The second kappa shape index (κ2) is 8.42. The Morgan fingerprint density at radius 3 is 2.61 bits per heavy atom. The highest BCUT2D eigenvalue weighted by Crippen LogP contribution is 2.31. The van der Waals surface area contributed by atoms with Crippen LogP contribution < -0.4 is 5.32 Å². The minimum Gasteiger partial charge on any atom is -0.325 e. The summed E-state index contributed by atoms with van der Waals surface area (Å²) < 4.78 is 40.4. The molecule has 0 radical (unpaired) electrons. The van der Waals surface area contributed by atoms with Gasteiger partial charge in [-0.15, -0.1) is 10.2 Å². The largest absolute Gasteiger partial charge is 0.416 e. The van der Waals surface area contributed by atoms with E-state index in [1.165, 1.54) is 0 Å². The molecular weight excluding hydrogens is 391 g/mol. The summed E-state index contributed by atoms with van der Waals surface area (Å²) in [6, 6.07) is 10.8. The van der Waals surface area contributed by atoms with Crippen LogP contribution in [0.4, 0.5) is 18.9 Å². The molecule has 0 saturated carbocycles. The molecule has 6 nitrogen and oxygen atoms in total. The standard InChI is InChI=1S/C18H16F3N5OS/c1-2-26-16(14-10-12(8-9-22-14)18(19,20)21)24-25-17(26)28-11-15(27)23-13-6-4-3-5-7-13/h3-10H,2,11H2,1H3,(H,23,27). The Morgan fingerprint density at radius 2 is 1.93 bits per heavy atom. The van der Waals surface area contributed by atoms with Crippen molar-refractivity contribution in [2.24, 2.45) is 0 Å². The molecule has 2 aromatic heterocycles. The van der Waals surface area contributed by atoms with Crippen LogP contribution in [0.25, 0.3) is 11.5 Å². The predicted molar refractivity (Wildman–Crippen MR) is 99.7 cm³/mol. The first-order valence-corrected chi connectivity index (χ1v) is 9.31. The minimum absolute atomic E-state index is 0.0739. The molecule has 0 aliphatic heterocycles. The van der Waals surface area contributed by atoms with E-state index in [-0.39, 0.29) is 23.2 Å². The first-order valence-electron chi connectivity index (χ1n) is 8.33. The molecule has 0 saturated heterocycles. The van der Waals surface area contributed by atoms with Gasteiger partial charge in [-0.2, -0.15) is 13.2 Å². The maximum Gasteiger partial charge on any atom is 0.416 e. The number of nitrogens with one attached hydrogen (secondary N) is 1. The third-order valence-electron chi connectivity index (χ3n) is 3.74. The fraction of sp³-hybridized carbons (Fsp3) is 0.222. The van der Waals surface area contributed by atoms with Gasteiger partial charge >= 0.3 is 6.18 Å². The zero-order valence-corrected chi connectivity index (χ0v) is 15.6. The number of alkyl halides is 3. The number of benzene rings is 1. The zero-order chi connectivity index (χ0) is 20.1. The van der Waals surface area contributed by atoms with E-state index in [1.807, 2.05) is 25.1 Å². The second-order valence-electron chi connectivity index (χ2n) is 5.68. The number of aromatic nitrogens is 4. The quantitative estimate of drug-likeness (QED) is 0.623. The zero-order valence-electron chi connectivity index (χ0n) is 14.8. The van der Waals surface area contributed by atoms with Crippen LogP contribution in [0.15, 0.2) is 53.8 Å². The first kappa shape index (κ1) is 19.9. The Bertz CT molecular complexity index is 959. The van der Waals surface area contributed by atoms with Crippen LogP contribution in [0.3, 0.4) is 0 Å². The third kappa shape index (κ3) is 4.69. The molecule has 0 aliphatic carbocycles. The average molecular weight is 407 g/mol. The van der Waals surface area contributed by atoms with Crippen LogP contribution >= 0.6 is 11.8 Å². The van der Waals surface area contributed by atoms with Gasteiger partial charge in [0.15, 0.2) is 11.0 Å². The highest BCUT2D eigenvalue weighted by Gasteiger charge is 2.31. The van der Waals surface area contributed by atoms with Crippen molar-refractivity contribution < 1.29 is 18.0 Å². The predicted octanol–water partition coefficient (Wildman–Crippen LogP) is 4.11. The normalized spacial score (nSPS) is 11.4. The van der Waals surface area contributed by atoms with Gasteiger partial charge in [-0.25, -0.2) is 0 Å². The molecule has 3 rings (SSSR count). The summed E-state index contributed by atoms with van der Waals surface area (Å²) >= 11 is 1.15. The highest BCUT2D eigenvalue weighted by molar-refractivity contribution is 7.99. The molecule has 1 N–H and O–H groups in total. The van der Waals surface area contributed by atoms with Crippen molar-refractivity contribution in [3.05, 3.63) is 54.2 Å². The number of amides is 1. The summed E-state index contributed by atoms with van der Waals surface area (Å²) in [5.74, 6) is 0.0865. The molecule has 0 spiro atoms. The van der Waals surface area contributed by atoms with E-state index in [0.29, 0.717) is 17.4 Å². The molecule has 1 amide bonds. The van der Waals surface area contributed by atoms with E-state index in [4.69, 9.17) is 0 Å². The van der Waals surface area contributed by atoms with E-state index in [1.54, 1.807) is 16.7 Å². The number of carbonyl (C=O) groups excluding carboxylic acids is 1. The summed E-state index contributed by atoms with van der Waals surface area (Å²) in [4.78, 5) is 16.1. The number of hydrogen-bond acceptors (Lipinski definition) is 5. The molecule has 0 atom stereocenters. The smallest absolute Gasteiger partial charge is 0.325 e. The summed E-state index contributed by atoms with van der Waals surface area (Å²) in [5.41, 5.74) is -0.0525. The molecule has 0 unspecified atom stereocenters. The summed E-state index contributed by atoms with van der Waals surface area (Å²) in [6.45, 7) is 2.23. The number of para-hydroxylation sites is 1. The van der Waals surface area contributed by atoms with Gasteiger partial charge in [-0.3, -0.25) is 9.78 Å². The summed E-state index contributed by atoms with van der Waals surface area (Å²) in [5, 5.41) is 11.2. The van der Waals surface area contributed by atoms with E-state index in [2.05, 4.69) is 20.5 Å². The van der Waals surface area contributed by atoms with Gasteiger partial charge in [0.25, 0.3) is 0 Å². The number of pyridine rings is 1. The molecule has 3 aromatic rings. The lowest BCUT2D eigenvalue weighted by Gasteiger charge is -2.09. The van der Waals surface area contributed by atoms with Crippen LogP contribution in [-0.2, 0) is 17.5 Å². The molecule has 2 heterocycles. The van der Waals surface area contributed by atoms with Gasteiger partial charge in [-0.05, 0) is 31.2 Å². The molecule has 0 aliphatic rings. The van der Waals surface area contributed by atoms with Crippen molar-refractivity contribution >= 4 is 23.4 Å². The van der Waals surface area contributed by atoms with Gasteiger partial charge in [0.1, 0.15) is 5.69 Å². The maximum atomic E-state index is 12.9. The van der Waals surface area contributed by atoms with Gasteiger partial charge < -0.3 is 9.88 Å². The Morgan fingerprint density at radius 1 is 1.18 bits per heavy atom. The summed E-state index contributed by atoms with van der Waals surface area (Å²) in [6.07, 6.45) is -3.38. The molecule has 10 heteroatoms. The molecule has 0 fully saturated rings. The van der Waals surface area contributed by atoms with Gasteiger partial charge in [0.2, 0.25) is 5.91 Å². The van der Waals surface area contributed by atoms with E-state index < -0.39 is 11.7 Å². The van der Waals surface area contributed by atoms with E-state index in [0.717, 1.165) is 30.1 Å². The van der Waals surface area contributed by atoms with Crippen molar-refractivity contribution in [1.29, 1.82) is 0 Å². The third-order valence-corrected chi connectivity index (χ3v) is 4.71. The number of anilines is 1. The second-order valence-corrected chi connectivity index (χ2v) is 6.62. The van der Waals surface area contributed by atoms with Crippen molar-refractivity contribution in [3.63, 3.8) is 0 Å². The van der Waals surface area contributed by atoms with Crippen LogP contribution in [0.1, 0.15) is 12.5 Å². The minimum atomic E-state index is -4.47. The summed E-state index contributed by atoms with van der Waals surface area (Å²) in [7, 11) is 0. The average Bonchev–Trinajstić information content (AvgIpc) is 3.09. The molecule has 146 valence electrons. The van der Waals surface area contributed by atoms with Gasteiger partial charge in [-0.1, -0.05) is 30.0 Å².